The van der Waals surface area contributed by atoms with Gasteiger partial charge in [0.15, 0.2) is 5.82 Å². The van der Waals surface area contributed by atoms with E-state index >= 15 is 0 Å². The zero-order valence-corrected chi connectivity index (χ0v) is 7.13. The molecule has 4 nitrogen and oxygen atoms in total. The topological polar surface area (TPSA) is 57.4 Å². The highest BCUT2D eigenvalue weighted by atomic mass is 19.3. The Morgan fingerprint density at radius 1 is 1.43 bits per heavy atom. The third-order valence-corrected chi connectivity index (χ3v) is 1.33. The molecule has 0 aliphatic carbocycles. The van der Waals surface area contributed by atoms with Crippen LogP contribution >= 0.6 is 0 Å². The number of ether oxygens (including phenoxy) is 2. The molecule has 1 aromatic heterocycles. The minimum atomic E-state index is -3.15. The van der Waals surface area contributed by atoms with Crippen molar-refractivity contribution in [2.24, 2.45) is 0 Å². The number of rotatable bonds is 3. The van der Waals surface area contributed by atoms with Crippen molar-refractivity contribution in [3.05, 3.63) is 11.9 Å². The maximum absolute atomic E-state index is 12.9. The fourth-order valence-electron chi connectivity index (χ4n) is 0.801. The zero-order valence-electron chi connectivity index (χ0n) is 7.13. The van der Waals surface area contributed by atoms with Crippen LogP contribution in [0.1, 0.15) is 0 Å². The highest BCUT2D eigenvalue weighted by molar-refractivity contribution is 5.49. The third kappa shape index (κ3) is 2.18. The molecule has 0 aliphatic rings. The molecule has 1 heterocycles. The van der Waals surface area contributed by atoms with Gasteiger partial charge in [-0.1, -0.05) is 0 Å². The van der Waals surface area contributed by atoms with E-state index in [9.17, 15) is 13.2 Å². The van der Waals surface area contributed by atoms with Crippen LogP contribution in [0, 0.1) is 5.82 Å². The molecule has 1 aromatic rings. The van der Waals surface area contributed by atoms with Crippen LogP contribution in [0.3, 0.4) is 0 Å². The molecule has 0 saturated carbocycles. The van der Waals surface area contributed by atoms with Crippen LogP contribution in [0.25, 0.3) is 0 Å². The van der Waals surface area contributed by atoms with E-state index in [1.54, 1.807) is 0 Å². The molecule has 0 fully saturated rings. The zero-order chi connectivity index (χ0) is 10.7. The summed E-state index contributed by atoms with van der Waals surface area (Å²) in [4.78, 5) is 3.31. The smallest absolute Gasteiger partial charge is 0.388 e. The van der Waals surface area contributed by atoms with Crippen molar-refractivity contribution < 1.29 is 22.6 Å². The molecule has 0 aromatic carbocycles. The molecule has 0 unspecified atom stereocenters. The van der Waals surface area contributed by atoms with E-state index in [1.807, 2.05) is 0 Å². The van der Waals surface area contributed by atoms with E-state index in [-0.39, 0.29) is 11.6 Å². The Bertz CT molecular complexity index is 333. The molecule has 14 heavy (non-hydrogen) atoms. The summed E-state index contributed by atoms with van der Waals surface area (Å²) in [5, 5.41) is 0. The van der Waals surface area contributed by atoms with Gasteiger partial charge in [-0.15, -0.1) is 0 Å². The van der Waals surface area contributed by atoms with Gasteiger partial charge in [0.2, 0.25) is 5.88 Å². The van der Waals surface area contributed by atoms with Gasteiger partial charge in [-0.3, -0.25) is 0 Å². The third-order valence-electron chi connectivity index (χ3n) is 1.33. The van der Waals surface area contributed by atoms with Gasteiger partial charge in [0.25, 0.3) is 5.88 Å². The Morgan fingerprint density at radius 2 is 2.07 bits per heavy atom. The van der Waals surface area contributed by atoms with E-state index < -0.39 is 18.3 Å². The second kappa shape index (κ2) is 4.03. The van der Waals surface area contributed by atoms with Gasteiger partial charge in [0, 0.05) is 6.07 Å². The van der Waals surface area contributed by atoms with Crippen molar-refractivity contribution in [3.63, 3.8) is 0 Å². The molecule has 0 saturated heterocycles. The fourth-order valence-corrected chi connectivity index (χ4v) is 0.801. The van der Waals surface area contributed by atoms with E-state index in [2.05, 4.69) is 14.5 Å². The van der Waals surface area contributed by atoms with Gasteiger partial charge in [-0.05, 0) is 0 Å². The molecule has 1 rings (SSSR count). The molecule has 0 atom stereocenters. The predicted octanol–water partition coefficient (Wildman–Crippen LogP) is 1.41. The Balaban J connectivity index is 3.04. The van der Waals surface area contributed by atoms with Crippen molar-refractivity contribution in [1.29, 1.82) is 0 Å². The summed E-state index contributed by atoms with van der Waals surface area (Å²) in [6, 6.07) is 0.795. The lowest BCUT2D eigenvalue weighted by Crippen LogP contribution is -2.07. The normalized spacial score (nSPS) is 10.4. The molecule has 0 amide bonds. The lowest BCUT2D eigenvalue weighted by molar-refractivity contribution is -0.0555. The standard InChI is InChI=1S/C7H7F3N2O2/c1-13-6-4(11)2-3(8)5(12-6)14-7(9)10/h2,7H,11H2,1H3. The van der Waals surface area contributed by atoms with Gasteiger partial charge in [0.05, 0.1) is 12.8 Å². The number of nitrogen functional groups attached to an aromatic ring is 1. The van der Waals surface area contributed by atoms with Crippen LogP contribution in [0.2, 0.25) is 0 Å². The van der Waals surface area contributed by atoms with Crippen LogP contribution in [0.15, 0.2) is 6.07 Å². The van der Waals surface area contributed by atoms with Crippen LogP contribution in [-0.4, -0.2) is 18.7 Å². The monoisotopic (exact) mass is 208 g/mol. The first-order chi connectivity index (χ1) is 6.54. The van der Waals surface area contributed by atoms with E-state index in [1.165, 1.54) is 7.11 Å². The first-order valence-electron chi connectivity index (χ1n) is 3.49. The van der Waals surface area contributed by atoms with E-state index in [0.29, 0.717) is 0 Å². The van der Waals surface area contributed by atoms with Crippen molar-refractivity contribution in [1.82, 2.24) is 4.98 Å². The Labute approximate surface area is 77.4 Å². The lowest BCUT2D eigenvalue weighted by Gasteiger charge is -2.07. The van der Waals surface area contributed by atoms with Crippen molar-refractivity contribution in [3.8, 4) is 11.8 Å². The largest absolute Gasteiger partial charge is 0.479 e. The minimum Gasteiger partial charge on any atom is -0.479 e. The van der Waals surface area contributed by atoms with Crippen molar-refractivity contribution in [2.45, 2.75) is 6.61 Å². The summed E-state index contributed by atoms with van der Waals surface area (Å²) in [5.74, 6) is -2.07. The molecule has 78 valence electrons. The summed E-state index contributed by atoms with van der Waals surface area (Å²) in [5.41, 5.74) is 5.17. The number of aromatic nitrogens is 1. The minimum absolute atomic E-state index is 0.0911. The van der Waals surface area contributed by atoms with Crippen LogP contribution in [0.5, 0.6) is 11.8 Å². The van der Waals surface area contributed by atoms with Crippen LogP contribution in [-0.2, 0) is 0 Å². The van der Waals surface area contributed by atoms with Gasteiger partial charge in [-0.2, -0.15) is 13.8 Å². The molecule has 0 aliphatic heterocycles. The summed E-state index contributed by atoms with van der Waals surface area (Å²) in [6.07, 6.45) is 0. The first-order valence-corrected chi connectivity index (χ1v) is 3.49. The van der Waals surface area contributed by atoms with E-state index in [0.717, 1.165) is 6.07 Å². The summed E-state index contributed by atoms with van der Waals surface area (Å²) in [7, 11) is 1.22. The molecule has 0 bridgehead atoms. The van der Waals surface area contributed by atoms with Crippen LogP contribution in [0.4, 0.5) is 18.9 Å². The number of hydrogen-bond donors (Lipinski definition) is 1. The van der Waals surface area contributed by atoms with Crippen molar-refractivity contribution in [2.75, 3.05) is 12.8 Å². The Morgan fingerprint density at radius 3 is 2.57 bits per heavy atom. The Hall–Kier alpha value is -1.66. The van der Waals surface area contributed by atoms with Gasteiger partial charge in [-0.25, -0.2) is 4.39 Å². The number of methoxy groups -OCH3 is 1. The highest BCUT2D eigenvalue weighted by Crippen LogP contribution is 2.26. The fraction of sp³-hybridized carbons (Fsp3) is 0.286. The molecular weight excluding hydrogens is 201 g/mol. The Kier molecular flexibility index (Phi) is 3.00. The number of anilines is 1. The SMILES string of the molecule is COc1nc(OC(F)F)c(F)cc1N. The quantitative estimate of drug-likeness (QED) is 0.815. The molecule has 7 heteroatoms. The molecule has 0 radical (unpaired) electrons. The second-order valence-electron chi connectivity index (χ2n) is 2.25. The summed E-state index contributed by atoms with van der Waals surface area (Å²) in [6.45, 7) is -3.15. The number of nitrogens with two attached hydrogens (primary N) is 1. The van der Waals surface area contributed by atoms with Gasteiger partial charge >= 0.3 is 6.61 Å². The maximum atomic E-state index is 12.9. The number of nitrogens with zero attached hydrogens (tertiary/aromatic N) is 1. The van der Waals surface area contributed by atoms with Gasteiger partial charge in [0.1, 0.15) is 0 Å². The van der Waals surface area contributed by atoms with Crippen LogP contribution < -0.4 is 15.2 Å². The maximum Gasteiger partial charge on any atom is 0.388 e. The molecular formula is C7H7F3N2O2. The van der Waals surface area contributed by atoms with E-state index in [4.69, 9.17) is 5.73 Å². The average Bonchev–Trinajstić information content (AvgIpc) is 2.09. The first kappa shape index (κ1) is 10.4. The number of alkyl halides is 2. The summed E-state index contributed by atoms with van der Waals surface area (Å²) < 4.78 is 44.7. The second-order valence-corrected chi connectivity index (χ2v) is 2.25. The lowest BCUT2D eigenvalue weighted by atomic mass is 10.4. The summed E-state index contributed by atoms with van der Waals surface area (Å²) >= 11 is 0. The van der Waals surface area contributed by atoms with Gasteiger partial charge < -0.3 is 15.2 Å². The number of hydrogen-bond acceptors (Lipinski definition) is 4. The predicted molar refractivity (Wildman–Crippen MR) is 41.8 cm³/mol. The number of halogens is 3. The molecule has 0 spiro atoms. The highest BCUT2D eigenvalue weighted by Gasteiger charge is 2.15. The number of pyridine rings is 1. The van der Waals surface area contributed by atoms with Crippen molar-refractivity contribution >= 4 is 5.69 Å². The molecule has 2 N–H and O–H groups in total. The average molecular weight is 208 g/mol.